The Labute approximate surface area is 122 Å². The first kappa shape index (κ1) is 17.0. The Balaban J connectivity index is 2.79. The first-order valence-electron chi connectivity index (χ1n) is 5.91. The average Bonchev–Trinajstić information content (AvgIpc) is 2.26. The van der Waals surface area contributed by atoms with Crippen LogP contribution in [0.25, 0.3) is 0 Å². The number of rotatable bonds is 6. The van der Waals surface area contributed by atoms with Crippen molar-refractivity contribution in [2.24, 2.45) is 0 Å². The molecule has 6 nitrogen and oxygen atoms in total. The molecule has 0 fully saturated rings. The van der Waals surface area contributed by atoms with Gasteiger partial charge in [-0.3, -0.25) is 4.79 Å². The zero-order chi connectivity index (χ0) is 15.4. The van der Waals surface area contributed by atoms with E-state index in [9.17, 15) is 14.3 Å². The minimum atomic E-state index is -4.24. The molecule has 20 heavy (non-hydrogen) atoms. The van der Waals surface area contributed by atoms with Gasteiger partial charge < -0.3 is 14.2 Å². The standard InChI is InChI=1S/C12H17ClNO5P/c1-4-18-11(15)12(2,3)14-20(16,17)19-10-7-5-6-9(13)8-10/h5-8H,4H2,1-3H3,(H2,14,16,17). The van der Waals surface area contributed by atoms with Gasteiger partial charge in [0.1, 0.15) is 11.3 Å². The van der Waals surface area contributed by atoms with E-state index in [1.165, 1.54) is 26.0 Å². The normalized spacial score (nSPS) is 14.4. The minimum Gasteiger partial charge on any atom is -0.465 e. The van der Waals surface area contributed by atoms with Crippen molar-refractivity contribution in [2.75, 3.05) is 6.61 Å². The maximum Gasteiger partial charge on any atom is 0.457 e. The summed E-state index contributed by atoms with van der Waals surface area (Å²) in [4.78, 5) is 21.4. The van der Waals surface area contributed by atoms with Crippen LogP contribution in [0.5, 0.6) is 5.75 Å². The van der Waals surface area contributed by atoms with E-state index in [4.69, 9.17) is 20.9 Å². The maximum absolute atomic E-state index is 12.0. The molecule has 8 heteroatoms. The van der Waals surface area contributed by atoms with E-state index in [1.54, 1.807) is 19.1 Å². The van der Waals surface area contributed by atoms with Crippen LogP contribution in [0.15, 0.2) is 24.3 Å². The molecule has 0 bridgehead atoms. The molecule has 0 aliphatic heterocycles. The van der Waals surface area contributed by atoms with Gasteiger partial charge in [-0.1, -0.05) is 17.7 Å². The molecule has 0 aromatic heterocycles. The summed E-state index contributed by atoms with van der Waals surface area (Å²) < 4.78 is 21.8. The number of esters is 1. The first-order chi connectivity index (χ1) is 9.16. The third-order valence-electron chi connectivity index (χ3n) is 2.23. The molecule has 0 heterocycles. The number of hydrogen-bond acceptors (Lipinski definition) is 4. The third kappa shape index (κ3) is 5.13. The Bertz CT molecular complexity index is 534. The lowest BCUT2D eigenvalue weighted by atomic mass is 10.1. The number of ether oxygens (including phenoxy) is 1. The summed E-state index contributed by atoms with van der Waals surface area (Å²) in [5.41, 5.74) is -1.36. The molecule has 1 aromatic rings. The van der Waals surface area contributed by atoms with Crippen molar-refractivity contribution in [1.82, 2.24) is 5.09 Å². The van der Waals surface area contributed by atoms with Crippen molar-refractivity contribution in [3.05, 3.63) is 29.3 Å². The van der Waals surface area contributed by atoms with Crippen LogP contribution in [0.4, 0.5) is 0 Å². The predicted molar refractivity (Wildman–Crippen MR) is 75.8 cm³/mol. The zero-order valence-electron chi connectivity index (χ0n) is 11.4. The highest BCUT2D eigenvalue weighted by atomic mass is 35.5. The molecule has 0 saturated heterocycles. The van der Waals surface area contributed by atoms with E-state index in [0.29, 0.717) is 5.02 Å². The molecule has 0 aliphatic rings. The fraction of sp³-hybridized carbons (Fsp3) is 0.417. The van der Waals surface area contributed by atoms with E-state index >= 15 is 0 Å². The van der Waals surface area contributed by atoms with Crippen molar-refractivity contribution in [1.29, 1.82) is 0 Å². The van der Waals surface area contributed by atoms with Crippen molar-refractivity contribution >= 4 is 25.3 Å². The van der Waals surface area contributed by atoms with Gasteiger partial charge in [0.25, 0.3) is 0 Å². The molecule has 1 rings (SSSR count). The summed E-state index contributed by atoms with van der Waals surface area (Å²) in [6.07, 6.45) is 0. The van der Waals surface area contributed by atoms with Crippen LogP contribution >= 0.6 is 19.3 Å². The SMILES string of the molecule is CCOC(=O)C(C)(C)NP(=O)(O)Oc1cccc(Cl)c1. The van der Waals surface area contributed by atoms with E-state index < -0.39 is 19.3 Å². The van der Waals surface area contributed by atoms with Crippen molar-refractivity contribution in [2.45, 2.75) is 26.3 Å². The number of hydrogen-bond donors (Lipinski definition) is 2. The molecule has 0 saturated carbocycles. The second-order valence-electron chi connectivity index (χ2n) is 4.53. The summed E-state index contributed by atoms with van der Waals surface area (Å²) in [5, 5.41) is 2.62. The first-order valence-corrected chi connectivity index (χ1v) is 7.86. The topological polar surface area (TPSA) is 84.9 Å². The number of carbonyl (C=O) groups excluding carboxylic acids is 1. The molecular weight excluding hydrogens is 305 g/mol. The molecular formula is C12H17ClNO5P. The van der Waals surface area contributed by atoms with Crippen LogP contribution in [0.2, 0.25) is 5.02 Å². The number of halogens is 1. The summed E-state index contributed by atoms with van der Waals surface area (Å²) in [7, 11) is -4.24. The monoisotopic (exact) mass is 321 g/mol. The van der Waals surface area contributed by atoms with Crippen molar-refractivity contribution in [3.8, 4) is 5.75 Å². The van der Waals surface area contributed by atoms with Gasteiger partial charge in [0.15, 0.2) is 0 Å². The van der Waals surface area contributed by atoms with Gasteiger partial charge in [-0.25, -0.2) is 4.57 Å². The minimum absolute atomic E-state index is 0.121. The largest absolute Gasteiger partial charge is 0.465 e. The fourth-order valence-electron chi connectivity index (χ4n) is 1.40. The van der Waals surface area contributed by atoms with E-state index in [1.807, 2.05) is 0 Å². The molecule has 2 N–H and O–H groups in total. The number of carbonyl (C=O) groups is 1. The van der Waals surface area contributed by atoms with Gasteiger partial charge in [0, 0.05) is 5.02 Å². The highest BCUT2D eigenvalue weighted by Gasteiger charge is 2.37. The van der Waals surface area contributed by atoms with Gasteiger partial charge in [-0.15, -0.1) is 0 Å². The second kappa shape index (κ2) is 6.59. The van der Waals surface area contributed by atoms with Crippen LogP contribution in [0, 0.1) is 0 Å². The lowest BCUT2D eigenvalue weighted by Crippen LogP contribution is -2.46. The smallest absolute Gasteiger partial charge is 0.457 e. The molecule has 1 unspecified atom stereocenters. The lowest BCUT2D eigenvalue weighted by molar-refractivity contribution is -0.149. The molecule has 1 aromatic carbocycles. The maximum atomic E-state index is 12.0. The second-order valence-corrected chi connectivity index (χ2v) is 6.41. The molecule has 0 spiro atoms. The van der Waals surface area contributed by atoms with Crippen LogP contribution in [0.1, 0.15) is 20.8 Å². The summed E-state index contributed by atoms with van der Waals surface area (Å²) in [6, 6.07) is 6.05. The van der Waals surface area contributed by atoms with E-state index in [2.05, 4.69) is 5.09 Å². The highest BCUT2D eigenvalue weighted by Crippen LogP contribution is 2.41. The van der Waals surface area contributed by atoms with E-state index in [-0.39, 0.29) is 12.4 Å². The predicted octanol–water partition coefficient (Wildman–Crippen LogP) is 2.75. The van der Waals surface area contributed by atoms with Gasteiger partial charge in [-0.05, 0) is 39.0 Å². The molecule has 0 radical (unpaired) electrons. The Morgan fingerprint density at radius 1 is 1.50 bits per heavy atom. The van der Waals surface area contributed by atoms with Crippen LogP contribution in [0.3, 0.4) is 0 Å². The summed E-state index contributed by atoms with van der Waals surface area (Å²) >= 11 is 5.75. The lowest BCUT2D eigenvalue weighted by Gasteiger charge is -2.26. The molecule has 112 valence electrons. The number of benzene rings is 1. The quantitative estimate of drug-likeness (QED) is 0.619. The van der Waals surface area contributed by atoms with Gasteiger partial charge in [0.2, 0.25) is 0 Å². The highest BCUT2D eigenvalue weighted by molar-refractivity contribution is 7.51. The van der Waals surface area contributed by atoms with Crippen molar-refractivity contribution in [3.63, 3.8) is 0 Å². The fourth-order valence-corrected chi connectivity index (χ4v) is 2.82. The summed E-state index contributed by atoms with van der Waals surface area (Å²) in [5.74, 6) is -0.528. The zero-order valence-corrected chi connectivity index (χ0v) is 13.1. The molecule has 1 atom stereocenters. The van der Waals surface area contributed by atoms with Gasteiger partial charge >= 0.3 is 13.7 Å². The number of nitrogens with one attached hydrogen (secondary N) is 1. The van der Waals surface area contributed by atoms with Crippen molar-refractivity contribution < 1.29 is 23.5 Å². The Morgan fingerprint density at radius 3 is 2.70 bits per heavy atom. The van der Waals surface area contributed by atoms with Gasteiger partial charge in [0.05, 0.1) is 6.61 Å². The Hall–Kier alpha value is -1.07. The Morgan fingerprint density at radius 2 is 2.15 bits per heavy atom. The van der Waals surface area contributed by atoms with Crippen LogP contribution < -0.4 is 9.61 Å². The molecule has 0 aliphatic carbocycles. The van der Waals surface area contributed by atoms with E-state index in [0.717, 1.165) is 0 Å². The summed E-state index contributed by atoms with van der Waals surface area (Å²) in [6.45, 7) is 4.67. The average molecular weight is 322 g/mol. The van der Waals surface area contributed by atoms with Gasteiger partial charge in [-0.2, -0.15) is 5.09 Å². The third-order valence-corrected chi connectivity index (χ3v) is 3.77. The Kier molecular flexibility index (Phi) is 5.59. The molecule has 0 amide bonds. The van der Waals surface area contributed by atoms with Crippen LogP contribution in [-0.4, -0.2) is 23.0 Å². The van der Waals surface area contributed by atoms with Crippen LogP contribution in [-0.2, 0) is 14.1 Å².